The van der Waals surface area contributed by atoms with Crippen molar-refractivity contribution in [1.82, 2.24) is 14.9 Å². The maximum atomic E-state index is 12.1. The number of nitrogens with zero attached hydrogens (tertiary/aromatic N) is 2. The Morgan fingerprint density at radius 3 is 2.65 bits per heavy atom. The van der Waals surface area contributed by atoms with Crippen LogP contribution in [0.3, 0.4) is 0 Å². The van der Waals surface area contributed by atoms with Gasteiger partial charge < -0.3 is 15.0 Å². The third kappa shape index (κ3) is 4.66. The summed E-state index contributed by atoms with van der Waals surface area (Å²) in [4.78, 5) is 27.2. The van der Waals surface area contributed by atoms with Crippen molar-refractivity contribution in [3.05, 3.63) is 47.0 Å². The van der Waals surface area contributed by atoms with Gasteiger partial charge in [0.25, 0.3) is 5.91 Å². The number of imidazole rings is 1. The van der Waals surface area contributed by atoms with Crippen LogP contribution in [0.2, 0.25) is 0 Å². The molecule has 0 aliphatic carbocycles. The summed E-state index contributed by atoms with van der Waals surface area (Å²) in [5.74, 6) is -1.84. The number of rotatable bonds is 7. The number of carbonyl (C=O) groups excluding carboxylic acids is 1. The van der Waals surface area contributed by atoms with E-state index in [1.807, 2.05) is 31.2 Å². The Hall–Kier alpha value is -2.15. The predicted octanol–water partition coefficient (Wildman–Crippen LogP) is 2.87. The van der Waals surface area contributed by atoms with Crippen LogP contribution < -0.4 is 5.32 Å². The minimum absolute atomic E-state index is 0.104. The molecule has 1 heterocycles. The number of carboxylic acid groups (broad SMARTS) is 1. The molecule has 122 valence electrons. The number of aliphatic carboxylic acids is 1. The first-order valence-electron chi connectivity index (χ1n) is 7.32. The number of benzene rings is 1. The quantitative estimate of drug-likeness (QED) is 0.774. The Morgan fingerprint density at radius 1 is 1.35 bits per heavy atom. The van der Waals surface area contributed by atoms with Crippen LogP contribution in [0.15, 0.2) is 41.3 Å². The molecular formula is C16H18BrN3O3. The van der Waals surface area contributed by atoms with Crippen LogP contribution in [0, 0.1) is 5.92 Å². The molecule has 7 heteroatoms. The van der Waals surface area contributed by atoms with Crippen LogP contribution in [-0.2, 0) is 4.79 Å². The lowest BCUT2D eigenvalue weighted by Crippen LogP contribution is -2.33. The van der Waals surface area contributed by atoms with Crippen molar-refractivity contribution in [3.63, 3.8) is 0 Å². The molecule has 23 heavy (non-hydrogen) atoms. The van der Waals surface area contributed by atoms with Crippen molar-refractivity contribution >= 4 is 27.8 Å². The van der Waals surface area contributed by atoms with Gasteiger partial charge in [-0.25, -0.2) is 4.98 Å². The summed E-state index contributed by atoms with van der Waals surface area (Å²) in [7, 11) is 0. The number of amides is 1. The lowest BCUT2D eigenvalue weighted by Gasteiger charge is -2.11. The summed E-state index contributed by atoms with van der Waals surface area (Å²) < 4.78 is 2.71. The van der Waals surface area contributed by atoms with Crippen molar-refractivity contribution in [1.29, 1.82) is 0 Å². The normalized spacial score (nSPS) is 11.9. The molecular weight excluding hydrogens is 362 g/mol. The second-order valence-electron chi connectivity index (χ2n) is 5.18. The first-order chi connectivity index (χ1) is 11.0. The van der Waals surface area contributed by atoms with E-state index in [0.717, 1.165) is 16.6 Å². The molecule has 0 radical (unpaired) electrons. The van der Waals surface area contributed by atoms with Crippen molar-refractivity contribution in [2.24, 2.45) is 5.92 Å². The first-order valence-corrected chi connectivity index (χ1v) is 8.11. The summed E-state index contributed by atoms with van der Waals surface area (Å²) in [6.07, 6.45) is 4.46. The SMILES string of the molecule is CCCC(CNC(=O)c1cn(-c2ccc(Br)cc2)cn1)C(=O)O. The van der Waals surface area contributed by atoms with Gasteiger partial charge in [0, 0.05) is 22.9 Å². The van der Waals surface area contributed by atoms with E-state index >= 15 is 0 Å². The van der Waals surface area contributed by atoms with Gasteiger partial charge in [-0.15, -0.1) is 0 Å². The molecule has 1 atom stereocenters. The van der Waals surface area contributed by atoms with Gasteiger partial charge >= 0.3 is 5.97 Å². The fourth-order valence-electron chi connectivity index (χ4n) is 2.16. The molecule has 1 aromatic heterocycles. The van der Waals surface area contributed by atoms with Gasteiger partial charge in [0.2, 0.25) is 0 Å². The molecule has 1 amide bonds. The Labute approximate surface area is 142 Å². The molecule has 0 saturated heterocycles. The number of aromatic nitrogens is 2. The van der Waals surface area contributed by atoms with E-state index < -0.39 is 11.9 Å². The predicted molar refractivity (Wildman–Crippen MR) is 89.6 cm³/mol. The fraction of sp³-hybridized carbons (Fsp3) is 0.312. The van der Waals surface area contributed by atoms with E-state index in [-0.39, 0.29) is 18.1 Å². The van der Waals surface area contributed by atoms with E-state index in [1.54, 1.807) is 17.1 Å². The van der Waals surface area contributed by atoms with Gasteiger partial charge in [-0.2, -0.15) is 0 Å². The maximum Gasteiger partial charge on any atom is 0.308 e. The molecule has 2 rings (SSSR count). The van der Waals surface area contributed by atoms with E-state index in [9.17, 15) is 9.59 Å². The lowest BCUT2D eigenvalue weighted by atomic mass is 10.0. The van der Waals surface area contributed by atoms with Crippen LogP contribution in [-0.4, -0.2) is 33.1 Å². The van der Waals surface area contributed by atoms with Gasteiger partial charge in [0.1, 0.15) is 12.0 Å². The topological polar surface area (TPSA) is 84.2 Å². The van der Waals surface area contributed by atoms with Gasteiger partial charge in [-0.05, 0) is 30.7 Å². The number of nitrogens with one attached hydrogen (secondary N) is 1. The molecule has 0 saturated carbocycles. The molecule has 6 nitrogen and oxygen atoms in total. The van der Waals surface area contributed by atoms with Gasteiger partial charge in [0.05, 0.1) is 5.92 Å². The average Bonchev–Trinajstić information content (AvgIpc) is 3.01. The zero-order valence-corrected chi connectivity index (χ0v) is 14.3. The number of hydrogen-bond acceptors (Lipinski definition) is 3. The van der Waals surface area contributed by atoms with Crippen LogP contribution in [0.5, 0.6) is 0 Å². The van der Waals surface area contributed by atoms with Crippen LogP contribution in [0.4, 0.5) is 0 Å². The highest BCUT2D eigenvalue weighted by molar-refractivity contribution is 9.10. The fourth-order valence-corrected chi connectivity index (χ4v) is 2.43. The number of hydrogen-bond donors (Lipinski definition) is 2. The second-order valence-corrected chi connectivity index (χ2v) is 6.09. The van der Waals surface area contributed by atoms with Gasteiger partial charge in [0.15, 0.2) is 0 Å². The average molecular weight is 380 g/mol. The highest BCUT2D eigenvalue weighted by Gasteiger charge is 2.18. The molecule has 0 aliphatic heterocycles. The Balaban J connectivity index is 2.01. The number of carbonyl (C=O) groups is 2. The standard InChI is InChI=1S/C16H18BrN3O3/c1-2-3-11(16(22)23)8-18-15(21)14-9-20(10-19-14)13-6-4-12(17)5-7-13/h4-7,9-11H,2-3,8H2,1H3,(H,18,21)(H,22,23). The third-order valence-corrected chi connectivity index (χ3v) is 3.96. The summed E-state index contributed by atoms with van der Waals surface area (Å²) in [5, 5.41) is 11.7. The number of carboxylic acids is 1. The maximum absolute atomic E-state index is 12.1. The Kier molecular flexibility index (Phi) is 5.92. The largest absolute Gasteiger partial charge is 0.481 e. The summed E-state index contributed by atoms with van der Waals surface area (Å²) in [6.45, 7) is 2.02. The molecule has 0 fully saturated rings. The summed E-state index contributed by atoms with van der Waals surface area (Å²) in [6, 6.07) is 7.60. The molecule has 2 aromatic rings. The molecule has 0 bridgehead atoms. The molecule has 0 aliphatic rings. The highest BCUT2D eigenvalue weighted by atomic mass is 79.9. The number of halogens is 1. The van der Waals surface area contributed by atoms with Crippen molar-refractivity contribution in [2.75, 3.05) is 6.54 Å². The van der Waals surface area contributed by atoms with Crippen molar-refractivity contribution in [3.8, 4) is 5.69 Å². The Bertz CT molecular complexity index is 682. The van der Waals surface area contributed by atoms with E-state index in [0.29, 0.717) is 6.42 Å². The lowest BCUT2D eigenvalue weighted by molar-refractivity contribution is -0.141. The first kappa shape index (κ1) is 17.2. The summed E-state index contributed by atoms with van der Waals surface area (Å²) in [5.41, 5.74) is 1.14. The Morgan fingerprint density at radius 2 is 2.04 bits per heavy atom. The van der Waals surface area contributed by atoms with Crippen LogP contribution >= 0.6 is 15.9 Å². The third-order valence-electron chi connectivity index (χ3n) is 3.44. The van der Waals surface area contributed by atoms with Gasteiger partial charge in [-0.1, -0.05) is 29.3 Å². The monoisotopic (exact) mass is 379 g/mol. The minimum Gasteiger partial charge on any atom is -0.481 e. The van der Waals surface area contributed by atoms with Crippen molar-refractivity contribution in [2.45, 2.75) is 19.8 Å². The second kappa shape index (κ2) is 7.92. The minimum atomic E-state index is -0.896. The van der Waals surface area contributed by atoms with E-state index in [2.05, 4.69) is 26.2 Å². The van der Waals surface area contributed by atoms with E-state index in [4.69, 9.17) is 5.11 Å². The van der Waals surface area contributed by atoms with Crippen LogP contribution in [0.25, 0.3) is 5.69 Å². The molecule has 1 unspecified atom stereocenters. The molecule has 0 spiro atoms. The smallest absolute Gasteiger partial charge is 0.308 e. The van der Waals surface area contributed by atoms with Crippen molar-refractivity contribution < 1.29 is 14.7 Å². The van der Waals surface area contributed by atoms with Gasteiger partial charge in [-0.3, -0.25) is 9.59 Å². The van der Waals surface area contributed by atoms with E-state index in [1.165, 1.54) is 0 Å². The molecule has 1 aromatic carbocycles. The zero-order chi connectivity index (χ0) is 16.8. The zero-order valence-electron chi connectivity index (χ0n) is 12.7. The highest BCUT2D eigenvalue weighted by Crippen LogP contribution is 2.14. The summed E-state index contributed by atoms with van der Waals surface area (Å²) >= 11 is 3.37. The molecule has 2 N–H and O–H groups in total. The van der Waals surface area contributed by atoms with Crippen LogP contribution in [0.1, 0.15) is 30.3 Å².